The Morgan fingerprint density at radius 1 is 1.40 bits per heavy atom. The topological polar surface area (TPSA) is 36.9 Å². The van der Waals surface area contributed by atoms with Gasteiger partial charge in [-0.3, -0.25) is 0 Å². The molecule has 2 heteroatoms. The zero-order chi connectivity index (χ0) is 7.61. The van der Waals surface area contributed by atoms with E-state index in [2.05, 4.69) is 12.7 Å². The van der Waals surface area contributed by atoms with Crippen molar-refractivity contribution >= 4 is 0 Å². The van der Waals surface area contributed by atoms with Crippen LogP contribution in [-0.4, -0.2) is 18.8 Å². The lowest BCUT2D eigenvalue weighted by Crippen LogP contribution is -2.72. The van der Waals surface area contributed by atoms with E-state index in [1.54, 1.807) is 7.11 Å². The zero-order valence-corrected chi connectivity index (χ0v) is 7.02. The largest absolute Gasteiger partial charge is 0.381 e. The van der Waals surface area contributed by atoms with Crippen LogP contribution in [0.15, 0.2) is 0 Å². The zero-order valence-electron chi connectivity index (χ0n) is 7.02. The molecule has 0 aromatic heterocycles. The standard InChI is InChI=1S/C8H17NO/c1-8(9)5-3-7(10-2)4-6-8/h7H,3-6,9H2,1-2H3/p+1. The molecule has 0 heterocycles. The average molecular weight is 144 g/mol. The molecule has 10 heavy (non-hydrogen) atoms. The molecule has 1 fully saturated rings. The Balaban J connectivity index is 2.31. The first-order valence-corrected chi connectivity index (χ1v) is 4.02. The monoisotopic (exact) mass is 144 g/mol. The summed E-state index contributed by atoms with van der Waals surface area (Å²) in [6.45, 7) is 2.24. The molecular formula is C8H18NO+. The second-order valence-electron chi connectivity index (χ2n) is 3.75. The molecule has 1 saturated carbocycles. The maximum absolute atomic E-state index is 5.26. The number of quaternary nitrogens is 1. The minimum Gasteiger partial charge on any atom is -0.381 e. The van der Waals surface area contributed by atoms with E-state index < -0.39 is 0 Å². The van der Waals surface area contributed by atoms with Gasteiger partial charge >= 0.3 is 0 Å². The number of hydrogen-bond acceptors (Lipinski definition) is 1. The average Bonchev–Trinajstić information content (AvgIpc) is 1.88. The first kappa shape index (κ1) is 8.02. The van der Waals surface area contributed by atoms with Gasteiger partial charge in [0, 0.05) is 20.0 Å². The van der Waals surface area contributed by atoms with Crippen LogP contribution in [-0.2, 0) is 4.74 Å². The number of methoxy groups -OCH3 is 1. The van der Waals surface area contributed by atoms with Gasteiger partial charge in [0.05, 0.1) is 11.6 Å². The molecular weight excluding hydrogens is 126 g/mol. The highest BCUT2D eigenvalue weighted by Gasteiger charge is 2.29. The molecule has 0 amide bonds. The van der Waals surface area contributed by atoms with Crippen LogP contribution in [0.2, 0.25) is 0 Å². The van der Waals surface area contributed by atoms with Crippen molar-refractivity contribution in [3.05, 3.63) is 0 Å². The lowest BCUT2D eigenvalue weighted by atomic mass is 9.83. The number of hydrogen-bond donors (Lipinski definition) is 1. The molecule has 0 aliphatic heterocycles. The minimum absolute atomic E-state index is 0.328. The molecule has 0 radical (unpaired) electrons. The van der Waals surface area contributed by atoms with Gasteiger partial charge in [0.15, 0.2) is 0 Å². The second-order valence-corrected chi connectivity index (χ2v) is 3.75. The Labute approximate surface area is 62.7 Å². The van der Waals surface area contributed by atoms with Gasteiger partial charge in [-0.1, -0.05) is 0 Å². The van der Waals surface area contributed by atoms with Gasteiger partial charge in [-0.25, -0.2) is 0 Å². The van der Waals surface area contributed by atoms with Gasteiger partial charge in [-0.15, -0.1) is 0 Å². The molecule has 0 aromatic carbocycles. The van der Waals surface area contributed by atoms with E-state index >= 15 is 0 Å². The van der Waals surface area contributed by atoms with Crippen LogP contribution in [0.4, 0.5) is 0 Å². The quantitative estimate of drug-likeness (QED) is 0.574. The highest BCUT2D eigenvalue weighted by Crippen LogP contribution is 2.25. The van der Waals surface area contributed by atoms with Crippen molar-refractivity contribution in [1.82, 2.24) is 0 Å². The summed E-state index contributed by atoms with van der Waals surface area (Å²) < 4.78 is 5.26. The Hall–Kier alpha value is -0.0800. The van der Waals surface area contributed by atoms with Gasteiger partial charge in [-0.05, 0) is 19.8 Å². The van der Waals surface area contributed by atoms with Crippen LogP contribution >= 0.6 is 0 Å². The molecule has 60 valence electrons. The van der Waals surface area contributed by atoms with Gasteiger partial charge in [0.25, 0.3) is 0 Å². The summed E-state index contributed by atoms with van der Waals surface area (Å²) in [5.41, 5.74) is 4.47. The third-order valence-corrected chi connectivity index (χ3v) is 2.47. The van der Waals surface area contributed by atoms with E-state index in [1.807, 2.05) is 0 Å². The molecule has 0 spiro atoms. The van der Waals surface area contributed by atoms with Crippen molar-refractivity contribution < 1.29 is 10.5 Å². The van der Waals surface area contributed by atoms with E-state index in [0.717, 1.165) is 0 Å². The molecule has 1 aliphatic carbocycles. The minimum atomic E-state index is 0.328. The molecule has 0 saturated heterocycles. The van der Waals surface area contributed by atoms with E-state index in [-0.39, 0.29) is 0 Å². The second kappa shape index (κ2) is 2.89. The SMILES string of the molecule is COC1CCC(C)([NH3+])CC1. The van der Waals surface area contributed by atoms with Gasteiger partial charge in [0.2, 0.25) is 0 Å². The van der Waals surface area contributed by atoms with E-state index in [0.29, 0.717) is 11.6 Å². The normalized spacial score (nSPS) is 41.7. The van der Waals surface area contributed by atoms with Crippen molar-refractivity contribution in [2.24, 2.45) is 0 Å². The summed E-state index contributed by atoms with van der Waals surface area (Å²) in [6.07, 6.45) is 5.32. The molecule has 0 atom stereocenters. The molecule has 3 N–H and O–H groups in total. The lowest BCUT2D eigenvalue weighted by Gasteiger charge is -2.30. The predicted octanol–water partition coefficient (Wildman–Crippen LogP) is 0.576. The highest BCUT2D eigenvalue weighted by atomic mass is 16.5. The molecule has 0 bridgehead atoms. The fourth-order valence-electron chi connectivity index (χ4n) is 1.52. The Morgan fingerprint density at radius 3 is 2.30 bits per heavy atom. The smallest absolute Gasteiger partial charge is 0.0919 e. The number of ether oxygens (including phenoxy) is 1. The van der Waals surface area contributed by atoms with E-state index in [1.165, 1.54) is 25.7 Å². The molecule has 2 nitrogen and oxygen atoms in total. The van der Waals surface area contributed by atoms with Crippen LogP contribution in [0, 0.1) is 0 Å². The Kier molecular flexibility index (Phi) is 2.32. The van der Waals surface area contributed by atoms with Crippen molar-refractivity contribution in [2.45, 2.75) is 44.2 Å². The third kappa shape index (κ3) is 1.96. The van der Waals surface area contributed by atoms with Crippen molar-refractivity contribution in [3.63, 3.8) is 0 Å². The van der Waals surface area contributed by atoms with Crippen LogP contribution in [0.25, 0.3) is 0 Å². The lowest BCUT2D eigenvalue weighted by molar-refractivity contribution is -0.479. The summed E-state index contributed by atoms with van der Waals surface area (Å²) in [4.78, 5) is 0. The fourth-order valence-corrected chi connectivity index (χ4v) is 1.52. The van der Waals surface area contributed by atoms with Crippen LogP contribution in [0.3, 0.4) is 0 Å². The maximum atomic E-state index is 5.26. The molecule has 0 aromatic rings. The van der Waals surface area contributed by atoms with E-state index in [4.69, 9.17) is 4.74 Å². The maximum Gasteiger partial charge on any atom is 0.0919 e. The van der Waals surface area contributed by atoms with Gasteiger partial charge in [0.1, 0.15) is 0 Å². The molecule has 1 rings (SSSR count). The molecule has 0 unspecified atom stereocenters. The first-order valence-electron chi connectivity index (χ1n) is 4.02. The molecule has 1 aliphatic rings. The van der Waals surface area contributed by atoms with Crippen molar-refractivity contribution in [3.8, 4) is 0 Å². The summed E-state index contributed by atoms with van der Waals surface area (Å²) >= 11 is 0. The first-order chi connectivity index (χ1) is 4.64. The summed E-state index contributed by atoms with van der Waals surface area (Å²) in [7, 11) is 1.80. The van der Waals surface area contributed by atoms with Gasteiger partial charge in [-0.2, -0.15) is 0 Å². The van der Waals surface area contributed by atoms with Gasteiger partial charge < -0.3 is 10.5 Å². The Bertz CT molecular complexity index is 102. The van der Waals surface area contributed by atoms with Crippen LogP contribution in [0.5, 0.6) is 0 Å². The fraction of sp³-hybridized carbons (Fsp3) is 1.00. The van der Waals surface area contributed by atoms with Crippen molar-refractivity contribution in [1.29, 1.82) is 0 Å². The predicted molar refractivity (Wildman–Crippen MR) is 40.6 cm³/mol. The summed E-state index contributed by atoms with van der Waals surface area (Å²) in [5, 5.41) is 0. The van der Waals surface area contributed by atoms with Crippen LogP contribution < -0.4 is 5.73 Å². The van der Waals surface area contributed by atoms with Crippen LogP contribution in [0.1, 0.15) is 32.6 Å². The number of rotatable bonds is 1. The Morgan fingerprint density at radius 2 is 1.90 bits per heavy atom. The summed E-state index contributed by atoms with van der Waals surface area (Å²) in [6, 6.07) is 0. The third-order valence-electron chi connectivity index (χ3n) is 2.47. The highest BCUT2D eigenvalue weighted by molar-refractivity contribution is 4.80. The van der Waals surface area contributed by atoms with E-state index in [9.17, 15) is 0 Å². The van der Waals surface area contributed by atoms with Crippen molar-refractivity contribution in [2.75, 3.05) is 7.11 Å². The summed E-state index contributed by atoms with van der Waals surface area (Å²) in [5.74, 6) is 0.